The molecule has 0 aliphatic heterocycles. The maximum atomic E-state index is 2.34. The molecule has 1 aliphatic rings. The summed E-state index contributed by atoms with van der Waals surface area (Å²) in [6, 6.07) is 51.8. The standard InChI is InChI=1S/C16H18.C13H18.2C11H16/c1-13(2)16(14-9-5-3-6-10-14)15-11-7-4-8-12-15;1-10(2)12-9-5-7-11-6-3-4-8-13(11)12;1-9(2)10(3)11-7-5-4-6-8-11;1-10(2)8-9-11-6-4-3-5-7-11/h3-13,16H,1-2H3;3-4,6,8,10,12H,5,7,9H2,1-2H3;4-10H,1-3H3;3-7,10H,8-9H2,1-2H3/t;12-;10-;/m.00./s1. The lowest BCUT2D eigenvalue weighted by molar-refractivity contribution is 0.433. The van der Waals surface area contributed by atoms with E-state index < -0.39 is 0 Å². The van der Waals surface area contributed by atoms with E-state index in [1.165, 1.54) is 54.4 Å². The molecule has 0 unspecified atom stereocenters. The van der Waals surface area contributed by atoms with Crippen molar-refractivity contribution in [3.63, 3.8) is 0 Å². The van der Waals surface area contributed by atoms with Crippen LogP contribution in [-0.2, 0) is 12.8 Å². The van der Waals surface area contributed by atoms with Crippen LogP contribution in [0.2, 0.25) is 0 Å². The van der Waals surface area contributed by atoms with E-state index in [-0.39, 0.29) is 0 Å². The van der Waals surface area contributed by atoms with Crippen LogP contribution in [0, 0.1) is 23.7 Å². The highest BCUT2D eigenvalue weighted by Crippen LogP contribution is 2.36. The van der Waals surface area contributed by atoms with Gasteiger partial charge in [0.2, 0.25) is 0 Å². The molecule has 0 heterocycles. The van der Waals surface area contributed by atoms with E-state index in [0.717, 1.165) is 23.7 Å². The normalized spacial score (nSPS) is 14.1. The molecule has 0 saturated carbocycles. The Morgan fingerprint density at radius 1 is 0.490 bits per heavy atom. The van der Waals surface area contributed by atoms with Gasteiger partial charge in [-0.2, -0.15) is 0 Å². The number of rotatable bonds is 9. The Labute approximate surface area is 313 Å². The summed E-state index contributed by atoms with van der Waals surface area (Å²) in [5.41, 5.74) is 8.92. The second kappa shape index (κ2) is 22.8. The van der Waals surface area contributed by atoms with Gasteiger partial charge in [0.05, 0.1) is 0 Å². The quantitative estimate of drug-likeness (QED) is 0.145. The van der Waals surface area contributed by atoms with Gasteiger partial charge in [0, 0.05) is 5.92 Å². The molecule has 0 spiro atoms. The first-order chi connectivity index (χ1) is 24.6. The van der Waals surface area contributed by atoms with E-state index in [0.29, 0.717) is 17.8 Å². The van der Waals surface area contributed by atoms with Crippen LogP contribution in [0.15, 0.2) is 146 Å². The lowest BCUT2D eigenvalue weighted by atomic mass is 9.77. The Morgan fingerprint density at radius 3 is 1.39 bits per heavy atom. The van der Waals surface area contributed by atoms with Gasteiger partial charge in [0.15, 0.2) is 0 Å². The van der Waals surface area contributed by atoms with E-state index in [4.69, 9.17) is 0 Å². The first-order valence-electron chi connectivity index (χ1n) is 19.8. The van der Waals surface area contributed by atoms with Gasteiger partial charge in [-0.05, 0) is 101 Å². The van der Waals surface area contributed by atoms with E-state index in [1.54, 1.807) is 11.1 Å². The molecular weight excluding hydrogens is 613 g/mol. The molecule has 0 N–H and O–H groups in total. The summed E-state index contributed by atoms with van der Waals surface area (Å²) in [5.74, 6) is 4.95. The second-order valence-electron chi connectivity index (χ2n) is 15.8. The van der Waals surface area contributed by atoms with Gasteiger partial charge in [-0.15, -0.1) is 0 Å². The zero-order valence-electron chi connectivity index (χ0n) is 33.4. The van der Waals surface area contributed by atoms with Crippen molar-refractivity contribution in [1.82, 2.24) is 0 Å². The third-order valence-electron chi connectivity index (χ3n) is 10.4. The predicted molar refractivity (Wildman–Crippen MR) is 226 cm³/mol. The molecule has 1 aliphatic carbocycles. The van der Waals surface area contributed by atoms with Crippen LogP contribution < -0.4 is 0 Å². The van der Waals surface area contributed by atoms with Crippen LogP contribution in [0.4, 0.5) is 0 Å². The lowest BCUT2D eigenvalue weighted by Gasteiger charge is -2.28. The zero-order valence-corrected chi connectivity index (χ0v) is 33.4. The lowest BCUT2D eigenvalue weighted by Crippen LogP contribution is -2.14. The van der Waals surface area contributed by atoms with Crippen LogP contribution in [-0.4, -0.2) is 0 Å². The van der Waals surface area contributed by atoms with Crippen molar-refractivity contribution < 1.29 is 0 Å². The SMILES string of the molecule is CC(C)C(c1ccccc1)c1ccccc1.CC(C)CCc1ccccc1.CC(C)[C@@H]1CCCc2ccccc21.CC(C)[C@H](C)c1ccccc1. The molecular formula is C51H68. The number of aryl methyl sites for hydroxylation is 2. The van der Waals surface area contributed by atoms with Crippen molar-refractivity contribution in [1.29, 1.82) is 0 Å². The zero-order chi connectivity index (χ0) is 37.0. The first-order valence-corrected chi connectivity index (χ1v) is 19.8. The van der Waals surface area contributed by atoms with Gasteiger partial charge in [0.25, 0.3) is 0 Å². The molecule has 51 heavy (non-hydrogen) atoms. The largest absolute Gasteiger partial charge is 0.0628 e. The highest BCUT2D eigenvalue weighted by molar-refractivity contribution is 5.34. The average molecular weight is 681 g/mol. The minimum absolute atomic E-state index is 0.502. The van der Waals surface area contributed by atoms with Crippen molar-refractivity contribution in [3.05, 3.63) is 179 Å². The van der Waals surface area contributed by atoms with Gasteiger partial charge in [-0.3, -0.25) is 0 Å². The fraction of sp³-hybridized carbons (Fsp3) is 0.412. The maximum Gasteiger partial charge on any atom is 0.0112 e. The second-order valence-corrected chi connectivity index (χ2v) is 15.8. The van der Waals surface area contributed by atoms with E-state index in [9.17, 15) is 0 Å². The van der Waals surface area contributed by atoms with Gasteiger partial charge in [-0.1, -0.05) is 208 Å². The van der Waals surface area contributed by atoms with Gasteiger partial charge >= 0.3 is 0 Å². The molecule has 0 aromatic heterocycles. The molecule has 0 heteroatoms. The molecule has 0 saturated heterocycles. The molecule has 5 aromatic carbocycles. The Balaban J connectivity index is 0.000000186. The van der Waals surface area contributed by atoms with Crippen molar-refractivity contribution in [3.8, 4) is 0 Å². The fourth-order valence-corrected chi connectivity index (χ4v) is 7.01. The van der Waals surface area contributed by atoms with Gasteiger partial charge in [-0.25, -0.2) is 0 Å². The van der Waals surface area contributed by atoms with E-state index >= 15 is 0 Å². The highest BCUT2D eigenvalue weighted by Gasteiger charge is 2.22. The summed E-state index contributed by atoms with van der Waals surface area (Å²) < 4.78 is 0. The molecule has 0 fully saturated rings. The molecule has 0 radical (unpaired) electrons. The van der Waals surface area contributed by atoms with Gasteiger partial charge < -0.3 is 0 Å². The van der Waals surface area contributed by atoms with Gasteiger partial charge in [0.1, 0.15) is 0 Å². The van der Waals surface area contributed by atoms with Crippen LogP contribution >= 0.6 is 0 Å². The first kappa shape index (κ1) is 41.5. The summed E-state index contributed by atoms with van der Waals surface area (Å²) in [6.07, 6.45) is 6.57. The Kier molecular flexibility index (Phi) is 18.6. The third-order valence-corrected chi connectivity index (χ3v) is 10.4. The van der Waals surface area contributed by atoms with E-state index in [2.05, 4.69) is 208 Å². The molecule has 2 atom stereocenters. The minimum atomic E-state index is 0.502. The summed E-state index contributed by atoms with van der Waals surface area (Å²) in [7, 11) is 0. The molecule has 0 nitrogen and oxygen atoms in total. The van der Waals surface area contributed by atoms with Crippen LogP contribution in [0.3, 0.4) is 0 Å². The summed E-state index contributed by atoms with van der Waals surface area (Å²) in [5, 5.41) is 0. The average Bonchev–Trinajstić information content (AvgIpc) is 3.16. The van der Waals surface area contributed by atoms with E-state index in [1.807, 2.05) is 0 Å². The Morgan fingerprint density at radius 2 is 0.941 bits per heavy atom. The topological polar surface area (TPSA) is 0 Å². The fourth-order valence-electron chi connectivity index (χ4n) is 7.01. The third kappa shape index (κ3) is 14.7. The Hall–Kier alpha value is -3.90. The maximum absolute atomic E-state index is 2.34. The number of hydrogen-bond donors (Lipinski definition) is 0. The highest BCUT2D eigenvalue weighted by atomic mass is 14.3. The van der Waals surface area contributed by atoms with Crippen molar-refractivity contribution in [2.75, 3.05) is 0 Å². The van der Waals surface area contributed by atoms with Crippen molar-refractivity contribution >= 4 is 0 Å². The van der Waals surface area contributed by atoms with Crippen molar-refractivity contribution in [2.24, 2.45) is 23.7 Å². The smallest absolute Gasteiger partial charge is 0.0112 e. The molecule has 6 rings (SSSR count). The number of fused-ring (bicyclic) bond motifs is 1. The molecule has 0 amide bonds. The predicted octanol–water partition coefficient (Wildman–Crippen LogP) is 15.0. The minimum Gasteiger partial charge on any atom is -0.0628 e. The van der Waals surface area contributed by atoms with Crippen LogP contribution in [0.1, 0.15) is 133 Å². The molecule has 272 valence electrons. The summed E-state index contributed by atoms with van der Waals surface area (Å²) in [6.45, 7) is 20.6. The number of benzene rings is 5. The molecule has 0 bridgehead atoms. The summed E-state index contributed by atoms with van der Waals surface area (Å²) >= 11 is 0. The number of hydrogen-bond acceptors (Lipinski definition) is 0. The molecule has 5 aromatic rings. The van der Waals surface area contributed by atoms with Crippen LogP contribution in [0.25, 0.3) is 0 Å². The van der Waals surface area contributed by atoms with Crippen molar-refractivity contribution in [2.45, 2.75) is 112 Å². The summed E-state index contributed by atoms with van der Waals surface area (Å²) in [4.78, 5) is 0. The Bertz CT molecular complexity index is 1530. The van der Waals surface area contributed by atoms with Crippen LogP contribution in [0.5, 0.6) is 0 Å². The monoisotopic (exact) mass is 681 g/mol.